The first-order chi connectivity index (χ1) is 12.6. The van der Waals surface area contributed by atoms with Gasteiger partial charge in [0.2, 0.25) is 11.7 Å². The van der Waals surface area contributed by atoms with Gasteiger partial charge < -0.3 is 10.4 Å². The lowest BCUT2D eigenvalue weighted by Crippen LogP contribution is -2.10. The molecule has 1 aliphatic carbocycles. The molecule has 0 fully saturated rings. The third kappa shape index (κ3) is 2.97. The predicted molar refractivity (Wildman–Crippen MR) is 97.5 cm³/mol. The molecule has 2 N–H and O–H groups in total. The third-order valence-electron chi connectivity index (χ3n) is 4.49. The van der Waals surface area contributed by atoms with Gasteiger partial charge in [-0.1, -0.05) is 36.4 Å². The van der Waals surface area contributed by atoms with E-state index in [0.29, 0.717) is 11.5 Å². The van der Waals surface area contributed by atoms with Crippen molar-refractivity contribution >= 4 is 23.4 Å². The number of phenols is 1. The summed E-state index contributed by atoms with van der Waals surface area (Å²) in [6.45, 7) is 1.42. The number of rotatable bonds is 4. The summed E-state index contributed by atoms with van der Waals surface area (Å²) in [6.07, 6.45) is 2.79. The van der Waals surface area contributed by atoms with E-state index in [1.165, 1.54) is 12.5 Å². The SMILES string of the molecule is CC(=O)Nc1nonc1C1=Cc2ccccc2C1Cc1ccc(O)cc1. The highest BCUT2D eigenvalue weighted by Gasteiger charge is 2.30. The average Bonchev–Trinajstić information content (AvgIpc) is 3.21. The van der Waals surface area contributed by atoms with Crippen LogP contribution in [0.25, 0.3) is 11.6 Å². The van der Waals surface area contributed by atoms with Crippen molar-refractivity contribution in [2.24, 2.45) is 0 Å². The molecular formula is C20H17N3O3. The molecule has 6 heteroatoms. The van der Waals surface area contributed by atoms with Crippen molar-refractivity contribution in [3.05, 3.63) is 70.9 Å². The monoisotopic (exact) mass is 347 g/mol. The van der Waals surface area contributed by atoms with Gasteiger partial charge in [0.05, 0.1) is 0 Å². The number of fused-ring (bicyclic) bond motifs is 1. The summed E-state index contributed by atoms with van der Waals surface area (Å²) < 4.78 is 4.88. The van der Waals surface area contributed by atoms with E-state index in [1.54, 1.807) is 12.1 Å². The van der Waals surface area contributed by atoms with Crippen molar-refractivity contribution in [1.82, 2.24) is 10.3 Å². The molecule has 0 saturated heterocycles. The van der Waals surface area contributed by atoms with E-state index in [4.69, 9.17) is 4.63 Å². The van der Waals surface area contributed by atoms with E-state index in [2.05, 4.69) is 33.8 Å². The molecule has 0 radical (unpaired) electrons. The molecule has 130 valence electrons. The van der Waals surface area contributed by atoms with Crippen LogP contribution in [0, 0.1) is 0 Å². The number of phenolic OH excluding ortho intramolecular Hbond substituents is 1. The number of nitrogens with zero attached hydrogens (tertiary/aromatic N) is 2. The average molecular weight is 347 g/mol. The standard InChI is InChI=1S/C20H17N3O3/c1-12(24)21-20-19(22-26-23-20)18-11-14-4-2-3-5-16(14)17(18)10-13-6-8-15(25)9-7-13/h2-9,11,17,25H,10H2,1H3,(H,21,23,24). The Morgan fingerprint density at radius 2 is 1.92 bits per heavy atom. The molecule has 0 saturated carbocycles. The zero-order chi connectivity index (χ0) is 18.1. The van der Waals surface area contributed by atoms with Crippen molar-refractivity contribution in [2.45, 2.75) is 19.3 Å². The quantitative estimate of drug-likeness (QED) is 0.752. The molecule has 0 aliphatic heterocycles. The van der Waals surface area contributed by atoms with E-state index < -0.39 is 0 Å². The van der Waals surface area contributed by atoms with Gasteiger partial charge in [0, 0.05) is 12.8 Å². The molecule has 26 heavy (non-hydrogen) atoms. The first-order valence-corrected chi connectivity index (χ1v) is 8.31. The molecule has 2 aromatic carbocycles. The van der Waals surface area contributed by atoms with Crippen molar-refractivity contribution in [2.75, 3.05) is 5.32 Å². The molecule has 1 amide bonds. The van der Waals surface area contributed by atoms with Crippen molar-refractivity contribution in [1.29, 1.82) is 0 Å². The normalized spacial score (nSPS) is 15.4. The largest absolute Gasteiger partial charge is 0.508 e. The molecule has 1 atom stereocenters. The number of amides is 1. The highest BCUT2D eigenvalue weighted by Crippen LogP contribution is 2.44. The van der Waals surface area contributed by atoms with Crippen molar-refractivity contribution in [3.63, 3.8) is 0 Å². The highest BCUT2D eigenvalue weighted by atomic mass is 16.6. The maximum atomic E-state index is 11.4. The van der Waals surface area contributed by atoms with Crippen LogP contribution in [-0.2, 0) is 11.2 Å². The number of carbonyl (C=O) groups excluding carboxylic acids is 1. The summed E-state index contributed by atoms with van der Waals surface area (Å²) in [5.41, 5.74) is 4.88. The number of carbonyl (C=O) groups is 1. The van der Waals surface area contributed by atoms with Crippen LogP contribution >= 0.6 is 0 Å². The van der Waals surface area contributed by atoms with Crippen LogP contribution < -0.4 is 5.32 Å². The van der Waals surface area contributed by atoms with Crippen LogP contribution in [0.15, 0.2) is 53.2 Å². The van der Waals surface area contributed by atoms with Crippen LogP contribution in [0.2, 0.25) is 0 Å². The molecule has 1 unspecified atom stereocenters. The lowest BCUT2D eigenvalue weighted by Gasteiger charge is -2.16. The lowest BCUT2D eigenvalue weighted by atomic mass is 9.88. The van der Waals surface area contributed by atoms with Crippen LogP contribution in [0.1, 0.15) is 35.2 Å². The van der Waals surface area contributed by atoms with E-state index in [-0.39, 0.29) is 17.6 Å². The minimum Gasteiger partial charge on any atom is -0.508 e. The number of anilines is 1. The molecule has 1 aromatic heterocycles. The van der Waals surface area contributed by atoms with E-state index in [0.717, 1.165) is 23.1 Å². The summed E-state index contributed by atoms with van der Waals surface area (Å²) >= 11 is 0. The van der Waals surface area contributed by atoms with Gasteiger partial charge in [0.25, 0.3) is 0 Å². The molecule has 6 nitrogen and oxygen atoms in total. The number of benzene rings is 2. The van der Waals surface area contributed by atoms with Crippen molar-refractivity contribution < 1.29 is 14.5 Å². The zero-order valence-corrected chi connectivity index (χ0v) is 14.1. The topological polar surface area (TPSA) is 88.3 Å². The molecule has 0 spiro atoms. The van der Waals surface area contributed by atoms with Crippen LogP contribution in [0.4, 0.5) is 5.82 Å². The molecule has 4 rings (SSSR count). The number of nitrogens with one attached hydrogen (secondary N) is 1. The fourth-order valence-electron chi connectivity index (χ4n) is 3.34. The molecule has 1 aliphatic rings. The fraction of sp³-hybridized carbons (Fsp3) is 0.150. The minimum absolute atomic E-state index is 0.0511. The number of hydrogen-bond donors (Lipinski definition) is 2. The lowest BCUT2D eigenvalue weighted by molar-refractivity contribution is -0.114. The Labute approximate surface area is 150 Å². The maximum absolute atomic E-state index is 11.4. The smallest absolute Gasteiger partial charge is 0.222 e. The second kappa shape index (κ2) is 6.48. The van der Waals surface area contributed by atoms with Gasteiger partial charge in [-0.25, -0.2) is 4.63 Å². The fourth-order valence-corrected chi connectivity index (χ4v) is 3.34. The molecular weight excluding hydrogens is 330 g/mol. The van der Waals surface area contributed by atoms with Crippen LogP contribution in [-0.4, -0.2) is 21.3 Å². The van der Waals surface area contributed by atoms with Gasteiger partial charge in [-0.05, 0) is 57.2 Å². The van der Waals surface area contributed by atoms with Gasteiger partial charge in [0.1, 0.15) is 5.75 Å². The Hall–Kier alpha value is -3.41. The third-order valence-corrected chi connectivity index (χ3v) is 4.49. The van der Waals surface area contributed by atoms with Crippen LogP contribution in [0.5, 0.6) is 5.75 Å². The summed E-state index contributed by atoms with van der Waals surface area (Å²) in [7, 11) is 0. The summed E-state index contributed by atoms with van der Waals surface area (Å²) in [5.74, 6) is 0.389. The second-order valence-electron chi connectivity index (χ2n) is 6.29. The number of aromatic nitrogens is 2. The van der Waals surface area contributed by atoms with Gasteiger partial charge >= 0.3 is 0 Å². The van der Waals surface area contributed by atoms with E-state index >= 15 is 0 Å². The Morgan fingerprint density at radius 3 is 2.69 bits per heavy atom. The Morgan fingerprint density at radius 1 is 1.15 bits per heavy atom. The highest BCUT2D eigenvalue weighted by molar-refractivity contribution is 5.96. The summed E-state index contributed by atoms with van der Waals surface area (Å²) in [4.78, 5) is 11.4. The first kappa shape index (κ1) is 16.1. The number of allylic oxidation sites excluding steroid dienone is 1. The molecule has 3 aromatic rings. The van der Waals surface area contributed by atoms with Gasteiger partial charge in [-0.2, -0.15) is 0 Å². The predicted octanol–water partition coefficient (Wildman–Crippen LogP) is 3.61. The summed E-state index contributed by atoms with van der Waals surface area (Å²) in [6, 6.07) is 15.3. The van der Waals surface area contributed by atoms with Gasteiger partial charge in [-0.3, -0.25) is 4.79 Å². The van der Waals surface area contributed by atoms with Crippen LogP contribution in [0.3, 0.4) is 0 Å². The Bertz CT molecular complexity index is 990. The van der Waals surface area contributed by atoms with E-state index in [1.807, 2.05) is 24.3 Å². The zero-order valence-electron chi connectivity index (χ0n) is 14.1. The maximum Gasteiger partial charge on any atom is 0.222 e. The Balaban J connectivity index is 1.74. The minimum atomic E-state index is -0.229. The molecule has 0 bridgehead atoms. The second-order valence-corrected chi connectivity index (χ2v) is 6.29. The number of hydrogen-bond acceptors (Lipinski definition) is 5. The molecule has 1 heterocycles. The number of aromatic hydroxyl groups is 1. The van der Waals surface area contributed by atoms with E-state index in [9.17, 15) is 9.90 Å². The van der Waals surface area contributed by atoms with Gasteiger partial charge in [-0.15, -0.1) is 0 Å². The Kier molecular flexibility index (Phi) is 4.01. The summed E-state index contributed by atoms with van der Waals surface area (Å²) in [5, 5.41) is 20.0. The van der Waals surface area contributed by atoms with Gasteiger partial charge in [0.15, 0.2) is 5.69 Å². The van der Waals surface area contributed by atoms with Crippen molar-refractivity contribution in [3.8, 4) is 5.75 Å². The first-order valence-electron chi connectivity index (χ1n) is 8.31.